The number of benzene rings is 1. The number of amides is 1. The Labute approximate surface area is 138 Å². The minimum atomic E-state index is -0.634. The van der Waals surface area contributed by atoms with E-state index in [1.54, 1.807) is 13.0 Å². The molecule has 0 saturated heterocycles. The van der Waals surface area contributed by atoms with Crippen molar-refractivity contribution in [3.8, 4) is 0 Å². The van der Waals surface area contributed by atoms with Gasteiger partial charge < -0.3 is 15.8 Å². The number of carbonyl (C=O) groups is 1. The summed E-state index contributed by atoms with van der Waals surface area (Å²) in [5.74, 6) is -0.338. The van der Waals surface area contributed by atoms with Crippen molar-refractivity contribution < 1.29 is 9.90 Å². The van der Waals surface area contributed by atoms with Gasteiger partial charge in [0.15, 0.2) is 0 Å². The lowest BCUT2D eigenvalue weighted by atomic mass is 9.94. The van der Waals surface area contributed by atoms with Gasteiger partial charge in [0.1, 0.15) is 11.5 Å². The molecule has 4 N–H and O–H groups in total. The molecule has 0 aliphatic heterocycles. The molecule has 0 saturated carbocycles. The summed E-state index contributed by atoms with van der Waals surface area (Å²) >= 11 is 12.2. The Morgan fingerprint density at radius 1 is 1.45 bits per heavy atom. The first-order chi connectivity index (χ1) is 10.4. The first kappa shape index (κ1) is 16.8. The number of halogens is 2. The summed E-state index contributed by atoms with van der Waals surface area (Å²) in [7, 11) is 0. The molecule has 118 valence electrons. The first-order valence-electron chi connectivity index (χ1n) is 6.86. The second-order valence-corrected chi connectivity index (χ2v) is 5.92. The summed E-state index contributed by atoms with van der Waals surface area (Å²) in [6, 6.07) is 5.45. The highest BCUT2D eigenvalue weighted by Crippen LogP contribution is 2.29. The standard InChI is InChI=1S/C15H17Cl2N3O2/c1-8(21)10(15-19-7-12(20-15)14(18)22)6-5-9-3-2-4-11(16)13(9)17/h2-4,7-8,10,21H,5-6H2,1H3,(H2,18,22)(H,19,20)/t8-,10-/m0/s1. The molecule has 0 spiro atoms. The van der Waals surface area contributed by atoms with Gasteiger partial charge in [-0.1, -0.05) is 35.3 Å². The van der Waals surface area contributed by atoms with Crippen LogP contribution in [-0.4, -0.2) is 27.1 Å². The van der Waals surface area contributed by atoms with Crippen molar-refractivity contribution in [3.05, 3.63) is 51.5 Å². The molecule has 1 aromatic carbocycles. The van der Waals surface area contributed by atoms with Gasteiger partial charge in [-0.2, -0.15) is 0 Å². The third-order valence-corrected chi connectivity index (χ3v) is 4.40. The molecule has 0 unspecified atom stereocenters. The predicted molar refractivity (Wildman–Crippen MR) is 86.3 cm³/mol. The lowest BCUT2D eigenvalue weighted by Crippen LogP contribution is -2.18. The number of aromatic amines is 1. The van der Waals surface area contributed by atoms with Gasteiger partial charge in [-0.05, 0) is 31.4 Å². The summed E-state index contributed by atoms with van der Waals surface area (Å²) in [5, 5.41) is 11.0. The molecule has 1 amide bonds. The summed E-state index contributed by atoms with van der Waals surface area (Å²) < 4.78 is 0. The maximum Gasteiger partial charge on any atom is 0.268 e. The van der Waals surface area contributed by atoms with Crippen LogP contribution >= 0.6 is 23.2 Å². The van der Waals surface area contributed by atoms with Crippen molar-refractivity contribution >= 4 is 29.1 Å². The number of nitrogens with two attached hydrogens (primary N) is 1. The lowest BCUT2D eigenvalue weighted by molar-refractivity contribution is 0.0995. The lowest BCUT2D eigenvalue weighted by Gasteiger charge is -2.18. The molecule has 0 aliphatic rings. The second kappa shape index (κ2) is 7.13. The number of rotatable bonds is 6. The zero-order valence-corrected chi connectivity index (χ0v) is 13.5. The number of carbonyl (C=O) groups excluding carboxylic acids is 1. The molecular weight excluding hydrogens is 325 g/mol. The minimum absolute atomic E-state index is 0.154. The van der Waals surface area contributed by atoms with Crippen LogP contribution in [0.25, 0.3) is 0 Å². The van der Waals surface area contributed by atoms with Gasteiger partial charge in [0.2, 0.25) is 0 Å². The van der Waals surface area contributed by atoms with Crippen LogP contribution in [0.1, 0.15) is 41.1 Å². The maximum atomic E-state index is 11.1. The Hall–Kier alpha value is -1.56. The van der Waals surface area contributed by atoms with E-state index in [1.165, 1.54) is 6.20 Å². The van der Waals surface area contributed by atoms with E-state index in [2.05, 4.69) is 9.97 Å². The van der Waals surface area contributed by atoms with Crippen molar-refractivity contribution in [1.82, 2.24) is 9.97 Å². The molecule has 1 aromatic heterocycles. The number of imidazole rings is 1. The number of primary amides is 1. The molecule has 2 rings (SSSR count). The fourth-order valence-electron chi connectivity index (χ4n) is 2.31. The third-order valence-electron chi connectivity index (χ3n) is 3.54. The van der Waals surface area contributed by atoms with Gasteiger partial charge in [0.05, 0.1) is 16.1 Å². The number of hydrogen-bond donors (Lipinski definition) is 3. The van der Waals surface area contributed by atoms with E-state index in [4.69, 9.17) is 28.9 Å². The average molecular weight is 342 g/mol. The van der Waals surface area contributed by atoms with E-state index in [-0.39, 0.29) is 11.6 Å². The summed E-state index contributed by atoms with van der Waals surface area (Å²) in [6.07, 6.45) is 2.04. The fraction of sp³-hybridized carbons (Fsp3) is 0.333. The van der Waals surface area contributed by atoms with Gasteiger partial charge >= 0.3 is 0 Å². The molecule has 0 radical (unpaired) electrons. The molecule has 2 aromatic rings. The third kappa shape index (κ3) is 3.80. The number of hydrogen-bond acceptors (Lipinski definition) is 3. The highest BCUT2D eigenvalue weighted by molar-refractivity contribution is 6.42. The second-order valence-electron chi connectivity index (χ2n) is 5.13. The highest BCUT2D eigenvalue weighted by Gasteiger charge is 2.22. The van der Waals surface area contributed by atoms with Crippen molar-refractivity contribution in [3.63, 3.8) is 0 Å². The number of nitrogens with one attached hydrogen (secondary N) is 1. The SMILES string of the molecule is C[C@H](O)[C@H](CCc1cccc(Cl)c1Cl)c1nc(C(N)=O)c[nH]1. The number of H-pyrrole nitrogens is 1. The maximum absolute atomic E-state index is 11.1. The molecule has 22 heavy (non-hydrogen) atoms. The minimum Gasteiger partial charge on any atom is -0.393 e. The van der Waals surface area contributed by atoms with Crippen LogP contribution in [0.4, 0.5) is 0 Å². The predicted octanol–water partition coefficient (Wildman–Crippen LogP) is 2.91. The quantitative estimate of drug-likeness (QED) is 0.754. The number of aromatic nitrogens is 2. The Morgan fingerprint density at radius 2 is 2.18 bits per heavy atom. The smallest absolute Gasteiger partial charge is 0.268 e. The monoisotopic (exact) mass is 341 g/mol. The molecule has 1 heterocycles. The molecule has 7 heteroatoms. The fourth-order valence-corrected chi connectivity index (χ4v) is 2.73. The van der Waals surface area contributed by atoms with E-state index < -0.39 is 12.0 Å². The number of aryl methyl sites for hydroxylation is 1. The summed E-state index contributed by atoms with van der Waals surface area (Å²) in [6.45, 7) is 1.68. The van der Waals surface area contributed by atoms with Gasteiger partial charge in [0.25, 0.3) is 5.91 Å². The molecule has 0 fully saturated rings. The van der Waals surface area contributed by atoms with Crippen LogP contribution < -0.4 is 5.73 Å². The van der Waals surface area contributed by atoms with Gasteiger partial charge in [0, 0.05) is 12.1 Å². The zero-order chi connectivity index (χ0) is 16.3. The highest BCUT2D eigenvalue weighted by atomic mass is 35.5. The summed E-state index contributed by atoms with van der Waals surface area (Å²) in [5.41, 5.74) is 6.25. The molecule has 2 atom stereocenters. The Morgan fingerprint density at radius 3 is 2.77 bits per heavy atom. The van der Waals surface area contributed by atoms with E-state index in [9.17, 15) is 9.90 Å². The van der Waals surface area contributed by atoms with Crippen molar-refractivity contribution in [2.24, 2.45) is 5.73 Å². The van der Waals surface area contributed by atoms with Gasteiger partial charge in [-0.3, -0.25) is 4.79 Å². The van der Waals surface area contributed by atoms with Crippen LogP contribution in [0.15, 0.2) is 24.4 Å². The number of aliphatic hydroxyl groups is 1. The van der Waals surface area contributed by atoms with E-state index in [1.807, 2.05) is 12.1 Å². The van der Waals surface area contributed by atoms with Gasteiger partial charge in [-0.25, -0.2) is 4.98 Å². The molecular formula is C15H17Cl2N3O2. The largest absolute Gasteiger partial charge is 0.393 e. The summed E-state index contributed by atoms with van der Waals surface area (Å²) in [4.78, 5) is 18.1. The first-order valence-corrected chi connectivity index (χ1v) is 7.61. The van der Waals surface area contributed by atoms with E-state index >= 15 is 0 Å². The van der Waals surface area contributed by atoms with Crippen LogP contribution in [0.2, 0.25) is 10.0 Å². The Balaban J connectivity index is 2.15. The van der Waals surface area contributed by atoms with E-state index in [0.717, 1.165) is 5.56 Å². The van der Waals surface area contributed by atoms with Crippen molar-refractivity contribution in [1.29, 1.82) is 0 Å². The Kier molecular flexibility index (Phi) is 5.45. The van der Waals surface area contributed by atoms with Crippen LogP contribution in [-0.2, 0) is 6.42 Å². The van der Waals surface area contributed by atoms with E-state index in [0.29, 0.717) is 28.7 Å². The van der Waals surface area contributed by atoms with Crippen molar-refractivity contribution in [2.75, 3.05) is 0 Å². The normalized spacial score (nSPS) is 13.8. The molecule has 0 bridgehead atoms. The zero-order valence-electron chi connectivity index (χ0n) is 12.0. The molecule has 0 aliphatic carbocycles. The number of nitrogens with zero attached hydrogens (tertiary/aromatic N) is 1. The van der Waals surface area contributed by atoms with Crippen molar-refractivity contribution in [2.45, 2.75) is 31.8 Å². The topological polar surface area (TPSA) is 92.0 Å². The number of aliphatic hydroxyl groups excluding tert-OH is 1. The van der Waals surface area contributed by atoms with Crippen LogP contribution in [0, 0.1) is 0 Å². The van der Waals surface area contributed by atoms with Crippen LogP contribution in [0.5, 0.6) is 0 Å². The Bertz CT molecular complexity index is 671. The van der Waals surface area contributed by atoms with Crippen LogP contribution in [0.3, 0.4) is 0 Å². The molecule has 5 nitrogen and oxygen atoms in total. The average Bonchev–Trinajstić information content (AvgIpc) is 2.93. The van der Waals surface area contributed by atoms with Gasteiger partial charge in [-0.15, -0.1) is 0 Å².